The van der Waals surface area contributed by atoms with Gasteiger partial charge in [0.15, 0.2) is 0 Å². The van der Waals surface area contributed by atoms with Crippen LogP contribution in [0.25, 0.3) is 10.9 Å². The van der Waals surface area contributed by atoms with Crippen LogP contribution in [0.5, 0.6) is 0 Å². The van der Waals surface area contributed by atoms with Crippen LogP contribution in [0.1, 0.15) is 38.3 Å². The largest absolute Gasteiger partial charge is 0.367 e. The molecule has 4 rings (SSSR count). The van der Waals surface area contributed by atoms with Crippen LogP contribution in [0, 0.1) is 0 Å². The third kappa shape index (κ3) is 3.20. The molecule has 0 radical (unpaired) electrons. The minimum absolute atomic E-state index is 0.194. The van der Waals surface area contributed by atoms with Gasteiger partial charge in [-0.15, -0.1) is 0 Å². The number of hydrogen-bond donors (Lipinski definition) is 1. The van der Waals surface area contributed by atoms with Gasteiger partial charge in [0.25, 0.3) is 0 Å². The fraction of sp³-hybridized carbons (Fsp3) is 0.550. The van der Waals surface area contributed by atoms with Crippen molar-refractivity contribution in [1.82, 2.24) is 20.0 Å². The summed E-state index contributed by atoms with van der Waals surface area (Å²) >= 11 is 0. The Labute approximate surface area is 159 Å². The lowest BCUT2D eigenvalue weighted by molar-refractivity contribution is -0.134. The van der Waals surface area contributed by atoms with E-state index >= 15 is 0 Å². The molecule has 7 heteroatoms. The van der Waals surface area contributed by atoms with Crippen molar-refractivity contribution in [2.45, 2.75) is 38.6 Å². The normalized spacial score (nSPS) is 21.9. The highest BCUT2D eigenvalue weighted by Gasteiger charge is 2.32. The molecule has 1 aromatic heterocycles. The van der Waals surface area contributed by atoms with E-state index in [1.165, 1.54) is 5.69 Å². The predicted molar refractivity (Wildman–Crippen MR) is 105 cm³/mol. The molecular weight excluding hydrogens is 342 g/mol. The lowest BCUT2D eigenvalue weighted by atomic mass is 9.92. The quantitative estimate of drug-likeness (QED) is 0.833. The highest BCUT2D eigenvalue weighted by Crippen LogP contribution is 2.35. The van der Waals surface area contributed by atoms with E-state index in [-0.39, 0.29) is 17.7 Å². The Morgan fingerprint density at radius 2 is 1.89 bits per heavy atom. The van der Waals surface area contributed by atoms with Gasteiger partial charge in [0.1, 0.15) is 0 Å². The summed E-state index contributed by atoms with van der Waals surface area (Å²) in [6.07, 6.45) is 0.888. The topological polar surface area (TPSA) is 70.5 Å². The van der Waals surface area contributed by atoms with Crippen molar-refractivity contribution in [2.75, 3.05) is 31.1 Å². The van der Waals surface area contributed by atoms with Crippen molar-refractivity contribution in [3.8, 4) is 0 Å². The lowest BCUT2D eigenvalue weighted by Crippen LogP contribution is -2.49. The van der Waals surface area contributed by atoms with Gasteiger partial charge < -0.3 is 4.90 Å². The number of aromatic nitrogens is 2. The second kappa shape index (κ2) is 6.96. The number of piperazine rings is 1. The van der Waals surface area contributed by atoms with Crippen LogP contribution in [0.3, 0.4) is 0 Å². The van der Waals surface area contributed by atoms with Gasteiger partial charge in [0, 0.05) is 51.1 Å². The van der Waals surface area contributed by atoms with E-state index in [0.29, 0.717) is 18.9 Å². The van der Waals surface area contributed by atoms with E-state index < -0.39 is 0 Å². The first-order valence-corrected chi connectivity index (χ1v) is 9.74. The number of imide groups is 1. The molecule has 1 aromatic carbocycles. The number of para-hydroxylation sites is 1. The fourth-order valence-corrected chi connectivity index (χ4v) is 4.29. The molecule has 7 nitrogen and oxygen atoms in total. The molecule has 27 heavy (non-hydrogen) atoms. The Morgan fingerprint density at radius 1 is 1.15 bits per heavy atom. The van der Waals surface area contributed by atoms with E-state index in [9.17, 15) is 9.59 Å². The number of anilines is 1. The highest BCUT2D eigenvalue weighted by atomic mass is 16.2. The van der Waals surface area contributed by atoms with Gasteiger partial charge in [0.05, 0.1) is 22.8 Å². The zero-order valence-electron chi connectivity index (χ0n) is 16.2. The van der Waals surface area contributed by atoms with Crippen LogP contribution in [-0.2, 0) is 16.6 Å². The number of nitrogens with one attached hydrogen (secondary N) is 1. The van der Waals surface area contributed by atoms with Gasteiger partial charge in [0.2, 0.25) is 11.8 Å². The molecule has 0 saturated carbocycles. The first-order valence-electron chi connectivity index (χ1n) is 9.74. The van der Waals surface area contributed by atoms with Crippen LogP contribution in [0.15, 0.2) is 18.2 Å². The Bertz CT molecular complexity index is 880. The number of carbonyl (C=O) groups is 2. The molecule has 2 saturated heterocycles. The molecule has 1 unspecified atom stereocenters. The van der Waals surface area contributed by atoms with Gasteiger partial charge >= 0.3 is 0 Å². The summed E-state index contributed by atoms with van der Waals surface area (Å²) in [5.74, 6) is -0.790. The summed E-state index contributed by atoms with van der Waals surface area (Å²) in [6, 6.07) is 6.79. The zero-order chi connectivity index (χ0) is 19.1. The molecule has 144 valence electrons. The molecule has 1 N–H and O–H groups in total. The maximum atomic E-state index is 12.3. The van der Waals surface area contributed by atoms with Crippen LogP contribution in [0.4, 0.5) is 5.69 Å². The predicted octanol–water partition coefficient (Wildman–Crippen LogP) is 1.62. The van der Waals surface area contributed by atoms with Gasteiger partial charge in [-0.2, -0.15) is 5.10 Å². The SMILES string of the molecule is CC(C)N1CCN(c2cccc3c(C4CCC(=O)NC4=O)nn(C)c23)CC1. The highest BCUT2D eigenvalue weighted by molar-refractivity contribution is 6.03. The van der Waals surface area contributed by atoms with Crippen LogP contribution in [0.2, 0.25) is 0 Å². The number of amides is 2. The number of rotatable bonds is 3. The van der Waals surface area contributed by atoms with E-state index in [1.807, 2.05) is 23.9 Å². The molecule has 2 aliphatic heterocycles. The number of piperidine rings is 1. The minimum atomic E-state index is -0.362. The Morgan fingerprint density at radius 3 is 2.56 bits per heavy atom. The number of carbonyl (C=O) groups excluding carboxylic acids is 2. The summed E-state index contributed by atoms with van der Waals surface area (Å²) in [7, 11) is 1.94. The number of hydrogen-bond acceptors (Lipinski definition) is 5. The minimum Gasteiger partial charge on any atom is -0.367 e. The average molecular weight is 369 g/mol. The number of aryl methyl sites for hydroxylation is 1. The number of nitrogens with zero attached hydrogens (tertiary/aromatic N) is 4. The van der Waals surface area contributed by atoms with E-state index in [2.05, 4.69) is 35.0 Å². The summed E-state index contributed by atoms with van der Waals surface area (Å²) in [6.45, 7) is 8.54. The summed E-state index contributed by atoms with van der Waals surface area (Å²) in [4.78, 5) is 28.7. The third-order valence-corrected chi connectivity index (χ3v) is 5.83. The maximum Gasteiger partial charge on any atom is 0.235 e. The van der Waals surface area contributed by atoms with Gasteiger partial charge in [-0.1, -0.05) is 12.1 Å². The Hall–Kier alpha value is -2.41. The molecule has 2 fully saturated rings. The van der Waals surface area contributed by atoms with Crippen LogP contribution in [-0.4, -0.2) is 58.7 Å². The van der Waals surface area contributed by atoms with Crippen molar-refractivity contribution >= 4 is 28.4 Å². The monoisotopic (exact) mass is 369 g/mol. The molecule has 0 bridgehead atoms. The van der Waals surface area contributed by atoms with Crippen molar-refractivity contribution < 1.29 is 9.59 Å². The van der Waals surface area contributed by atoms with Crippen molar-refractivity contribution in [2.24, 2.45) is 7.05 Å². The van der Waals surface area contributed by atoms with Gasteiger partial charge in [-0.25, -0.2) is 0 Å². The molecule has 2 aliphatic rings. The van der Waals surface area contributed by atoms with Crippen molar-refractivity contribution in [3.05, 3.63) is 23.9 Å². The summed E-state index contributed by atoms with van der Waals surface area (Å²) < 4.78 is 1.89. The van der Waals surface area contributed by atoms with Crippen LogP contribution >= 0.6 is 0 Å². The fourth-order valence-electron chi connectivity index (χ4n) is 4.29. The van der Waals surface area contributed by atoms with E-state index in [1.54, 1.807) is 0 Å². The van der Waals surface area contributed by atoms with Gasteiger partial charge in [-0.3, -0.25) is 24.5 Å². The number of fused-ring (bicyclic) bond motifs is 1. The van der Waals surface area contributed by atoms with Crippen molar-refractivity contribution in [3.63, 3.8) is 0 Å². The molecule has 2 amide bonds. The molecule has 2 aromatic rings. The number of benzene rings is 1. The Kier molecular flexibility index (Phi) is 4.63. The first-order chi connectivity index (χ1) is 13.0. The molecule has 1 atom stereocenters. The van der Waals surface area contributed by atoms with E-state index in [0.717, 1.165) is 42.8 Å². The Balaban J connectivity index is 1.68. The summed E-state index contributed by atoms with van der Waals surface area (Å²) in [5, 5.41) is 8.16. The second-order valence-electron chi connectivity index (χ2n) is 7.80. The molecule has 0 spiro atoms. The second-order valence-corrected chi connectivity index (χ2v) is 7.80. The zero-order valence-corrected chi connectivity index (χ0v) is 16.2. The third-order valence-electron chi connectivity index (χ3n) is 5.83. The van der Waals surface area contributed by atoms with Crippen LogP contribution < -0.4 is 10.2 Å². The lowest BCUT2D eigenvalue weighted by Gasteiger charge is -2.38. The molecular formula is C20H27N5O2. The molecule has 0 aliphatic carbocycles. The smallest absolute Gasteiger partial charge is 0.235 e. The average Bonchev–Trinajstić information content (AvgIpc) is 2.99. The standard InChI is InChI=1S/C20H27N5O2/c1-13(2)24-9-11-25(12-10-24)16-6-4-5-14-18(22-23(3)19(14)16)15-7-8-17(26)21-20(15)27/h4-6,13,15H,7-12H2,1-3H3,(H,21,26,27). The molecule has 3 heterocycles. The van der Waals surface area contributed by atoms with Gasteiger partial charge in [-0.05, 0) is 26.3 Å². The summed E-state index contributed by atoms with van der Waals surface area (Å²) in [5.41, 5.74) is 3.01. The first kappa shape index (κ1) is 18.0. The van der Waals surface area contributed by atoms with E-state index in [4.69, 9.17) is 5.10 Å². The van der Waals surface area contributed by atoms with Crippen molar-refractivity contribution in [1.29, 1.82) is 0 Å². The maximum absolute atomic E-state index is 12.3.